The summed E-state index contributed by atoms with van der Waals surface area (Å²) in [4.78, 5) is 10.2. The van der Waals surface area contributed by atoms with Gasteiger partial charge in [0.1, 0.15) is 0 Å². The van der Waals surface area contributed by atoms with Crippen molar-refractivity contribution in [1.82, 2.24) is 15.6 Å². The van der Waals surface area contributed by atoms with Gasteiger partial charge in [-0.25, -0.2) is 5.01 Å². The monoisotopic (exact) mass is 261 g/mol. The van der Waals surface area contributed by atoms with Crippen molar-refractivity contribution in [2.24, 2.45) is 16.8 Å². The summed E-state index contributed by atoms with van der Waals surface area (Å²) in [5.74, 6) is 0. The molecule has 0 fully saturated rings. The lowest BCUT2D eigenvalue weighted by atomic mass is 10.3. The Hall–Kier alpha value is -0.800. The molecular weight excluding hydrogens is 236 g/mol. The van der Waals surface area contributed by atoms with Crippen molar-refractivity contribution in [3.05, 3.63) is 10.1 Å². The van der Waals surface area contributed by atoms with E-state index in [-0.39, 0.29) is 5.28 Å². The summed E-state index contributed by atoms with van der Waals surface area (Å²) < 4.78 is 0. The zero-order valence-corrected chi connectivity index (χ0v) is 10.9. The minimum atomic E-state index is 0.109. The van der Waals surface area contributed by atoms with E-state index in [0.29, 0.717) is 32.6 Å². The van der Waals surface area contributed by atoms with Gasteiger partial charge in [-0.1, -0.05) is 0 Å². The first-order valence-electron chi connectivity index (χ1n) is 6.42. The van der Waals surface area contributed by atoms with Gasteiger partial charge in [0.25, 0.3) is 0 Å². The Kier molecular flexibility index (Phi) is 12.1. The van der Waals surface area contributed by atoms with E-state index in [1.54, 1.807) is 0 Å². The number of hydrogen-bond donors (Lipinski definition) is 3. The second-order valence-electron chi connectivity index (χ2n) is 4.03. The highest BCUT2D eigenvalue weighted by molar-refractivity contribution is 4.58. The number of rotatable bonds is 13. The van der Waals surface area contributed by atoms with Crippen LogP contribution in [0.4, 0.5) is 0 Å². The first-order chi connectivity index (χ1) is 8.76. The maximum atomic E-state index is 11.1. The highest BCUT2D eigenvalue weighted by atomic mass is 16.6. The predicted molar refractivity (Wildman–Crippen MR) is 72.0 cm³/mol. The van der Waals surface area contributed by atoms with Gasteiger partial charge >= 0.3 is 0 Å². The Bertz CT molecular complexity index is 195. The highest BCUT2D eigenvalue weighted by Crippen LogP contribution is 2.01. The van der Waals surface area contributed by atoms with E-state index in [0.717, 1.165) is 32.4 Å². The Labute approximate surface area is 108 Å². The fraction of sp³-hybridized carbons (Fsp3) is 1.00. The number of hydrazine groups is 1. The third-order valence-corrected chi connectivity index (χ3v) is 2.51. The molecule has 0 aliphatic rings. The van der Waals surface area contributed by atoms with Crippen molar-refractivity contribution < 1.29 is 0 Å². The largest absolute Gasteiger partial charge is 0.724 e. The van der Waals surface area contributed by atoms with Gasteiger partial charge in [0.05, 0.1) is 5.29 Å². The van der Waals surface area contributed by atoms with E-state index >= 15 is 0 Å². The second-order valence-corrected chi connectivity index (χ2v) is 4.03. The fourth-order valence-corrected chi connectivity index (χ4v) is 1.50. The van der Waals surface area contributed by atoms with Crippen molar-refractivity contribution in [3.8, 4) is 0 Å². The van der Waals surface area contributed by atoms with Crippen LogP contribution >= 0.6 is 0 Å². The number of nitroso groups, excluding NO2 is 1. The molecule has 0 aromatic heterocycles. The number of hydrogen-bond acceptors (Lipinski definition) is 7. The number of nitrogens with one attached hydrogen (secondary N) is 1. The lowest BCUT2D eigenvalue weighted by molar-refractivity contribution is 0.0199. The molecule has 0 spiro atoms. The van der Waals surface area contributed by atoms with Crippen LogP contribution in [0.1, 0.15) is 25.7 Å². The first kappa shape index (κ1) is 17.2. The predicted octanol–water partition coefficient (Wildman–Crippen LogP) is -0.248. The van der Waals surface area contributed by atoms with Gasteiger partial charge in [-0.15, -0.1) is 4.91 Å². The molecule has 0 radical (unpaired) electrons. The molecule has 0 atom stereocenters. The average Bonchev–Trinajstić information content (AvgIpc) is 2.40. The molecule has 0 aliphatic carbocycles. The smallest absolute Gasteiger partial charge is 0.0579 e. The van der Waals surface area contributed by atoms with Crippen LogP contribution in [0.3, 0.4) is 0 Å². The second kappa shape index (κ2) is 12.7. The minimum Gasteiger partial charge on any atom is -0.724 e. The Balaban J connectivity index is 3.59. The fourth-order valence-electron chi connectivity index (χ4n) is 1.50. The van der Waals surface area contributed by atoms with Gasteiger partial charge in [0.15, 0.2) is 0 Å². The maximum Gasteiger partial charge on any atom is 0.0579 e. The number of nitrogens with zero attached hydrogens (tertiary/aromatic N) is 3. The van der Waals surface area contributed by atoms with E-state index in [1.807, 2.05) is 0 Å². The van der Waals surface area contributed by atoms with E-state index in [4.69, 9.17) is 11.5 Å². The Morgan fingerprint density at radius 3 is 2.22 bits per heavy atom. The quantitative estimate of drug-likeness (QED) is 0.237. The Morgan fingerprint density at radius 2 is 1.61 bits per heavy atom. The zero-order valence-electron chi connectivity index (χ0n) is 10.9. The molecule has 0 rings (SSSR count). The lowest BCUT2D eigenvalue weighted by Crippen LogP contribution is -2.37. The molecule has 18 heavy (non-hydrogen) atoms. The average molecular weight is 261 g/mol. The first-order valence-corrected chi connectivity index (χ1v) is 6.42. The van der Waals surface area contributed by atoms with Crippen molar-refractivity contribution in [1.29, 1.82) is 0 Å². The topological polar surface area (TPSA) is 123 Å². The van der Waals surface area contributed by atoms with E-state index < -0.39 is 0 Å². The lowest BCUT2D eigenvalue weighted by Gasteiger charge is -2.33. The van der Waals surface area contributed by atoms with Crippen molar-refractivity contribution in [2.45, 2.75) is 25.7 Å². The zero-order chi connectivity index (χ0) is 13.6. The molecule has 8 heteroatoms. The van der Waals surface area contributed by atoms with Gasteiger partial charge < -0.3 is 22.0 Å². The maximum absolute atomic E-state index is 11.1. The minimum absolute atomic E-state index is 0.109. The molecule has 8 nitrogen and oxygen atoms in total. The van der Waals surface area contributed by atoms with E-state index in [9.17, 15) is 10.1 Å². The van der Waals surface area contributed by atoms with Crippen LogP contribution in [-0.2, 0) is 0 Å². The third kappa shape index (κ3) is 9.25. The summed E-state index contributed by atoms with van der Waals surface area (Å²) in [5.41, 5.74) is 10.7. The summed E-state index contributed by atoms with van der Waals surface area (Å²) in [7, 11) is 0. The van der Waals surface area contributed by atoms with Gasteiger partial charge in [-0.05, 0) is 51.9 Å². The third-order valence-electron chi connectivity index (χ3n) is 2.51. The number of unbranched alkanes of at least 4 members (excludes halogenated alkanes) is 1. The van der Waals surface area contributed by atoms with Crippen LogP contribution in [0, 0.1) is 10.1 Å². The van der Waals surface area contributed by atoms with Crippen LogP contribution in [0.15, 0.2) is 5.29 Å². The van der Waals surface area contributed by atoms with Crippen molar-refractivity contribution in [3.63, 3.8) is 0 Å². The molecule has 108 valence electrons. The molecule has 0 saturated heterocycles. The molecule has 0 bridgehead atoms. The molecule has 5 N–H and O–H groups in total. The molecule has 0 aromatic rings. The van der Waals surface area contributed by atoms with Gasteiger partial charge in [0, 0.05) is 13.1 Å². The Morgan fingerprint density at radius 1 is 1.00 bits per heavy atom. The molecule has 0 unspecified atom stereocenters. The van der Waals surface area contributed by atoms with Gasteiger partial charge in [0.2, 0.25) is 0 Å². The summed E-state index contributed by atoms with van der Waals surface area (Å²) in [6.07, 6.45) is 3.40. The SMILES string of the molecule is NCCCNCCCCN(CCCN)N([O-])N=O. The van der Waals surface area contributed by atoms with Gasteiger partial charge in [-0.3, -0.25) is 5.28 Å². The molecule has 0 amide bonds. The molecule has 0 aliphatic heterocycles. The summed E-state index contributed by atoms with van der Waals surface area (Å²) >= 11 is 0. The van der Waals surface area contributed by atoms with Crippen LogP contribution in [0.25, 0.3) is 0 Å². The highest BCUT2D eigenvalue weighted by Gasteiger charge is 2.05. The van der Waals surface area contributed by atoms with Crippen LogP contribution < -0.4 is 16.8 Å². The number of nitrogens with two attached hydrogens (primary N) is 2. The molecule has 0 heterocycles. The normalized spacial score (nSPS) is 10.9. The molecule has 0 aromatic carbocycles. The van der Waals surface area contributed by atoms with Crippen LogP contribution in [0.5, 0.6) is 0 Å². The van der Waals surface area contributed by atoms with Crippen molar-refractivity contribution in [2.75, 3.05) is 39.3 Å². The van der Waals surface area contributed by atoms with Crippen LogP contribution in [-0.4, -0.2) is 49.6 Å². The van der Waals surface area contributed by atoms with Gasteiger partial charge in [-0.2, -0.15) is 0 Å². The van der Waals surface area contributed by atoms with E-state index in [1.165, 1.54) is 5.01 Å². The van der Waals surface area contributed by atoms with Crippen molar-refractivity contribution >= 4 is 0 Å². The summed E-state index contributed by atoms with van der Waals surface area (Å²) in [6, 6.07) is 0. The van der Waals surface area contributed by atoms with E-state index in [2.05, 4.69) is 10.6 Å². The summed E-state index contributed by atoms with van der Waals surface area (Å²) in [6.45, 7) is 3.97. The summed E-state index contributed by atoms with van der Waals surface area (Å²) in [5, 5.41) is 18.2. The molecular formula is C10H25N6O2-. The molecule has 0 saturated carbocycles. The van der Waals surface area contributed by atoms with Crippen LogP contribution in [0.2, 0.25) is 0 Å². The standard InChI is InChI=1S/C10H25N6O2/c11-5-3-8-13-7-1-2-9-15(10-4-6-12)16(18)14-17/h13H,1-12H2/q-1.